The molecule has 0 aromatic heterocycles. The van der Waals surface area contributed by atoms with Crippen LogP contribution in [0.2, 0.25) is 0 Å². The molecule has 0 aliphatic carbocycles. The average molecular weight is 492 g/mol. The van der Waals surface area contributed by atoms with E-state index in [4.69, 9.17) is 4.74 Å². The molecule has 64 valence electrons. The molecule has 0 heterocycles. The lowest BCUT2D eigenvalue weighted by Gasteiger charge is -2.11. The van der Waals surface area contributed by atoms with E-state index in [1.54, 1.807) is 6.92 Å². The maximum absolute atomic E-state index is 10.9. The van der Waals surface area contributed by atoms with Gasteiger partial charge in [-0.25, -0.2) is 4.79 Å². The van der Waals surface area contributed by atoms with Gasteiger partial charge in [0, 0.05) is 5.57 Å². The molecule has 0 unspecified atom stereocenters. The molecule has 0 bridgehead atoms. The second-order valence-electron chi connectivity index (χ2n) is 1.97. The number of esters is 1. The highest BCUT2D eigenvalue weighted by molar-refractivity contribution is 14.3. The van der Waals surface area contributed by atoms with Crippen LogP contribution in [0, 0.1) is 0 Å². The van der Waals surface area contributed by atoms with Crippen LogP contribution >= 0.6 is 67.8 Å². The summed E-state index contributed by atoms with van der Waals surface area (Å²) in [7, 11) is 0. The van der Waals surface area contributed by atoms with E-state index in [9.17, 15) is 4.79 Å². The van der Waals surface area contributed by atoms with Gasteiger partial charge in [-0.05, 0) is 6.92 Å². The Labute approximate surface area is 107 Å². The second-order valence-corrected chi connectivity index (χ2v) is 13.7. The summed E-state index contributed by atoms with van der Waals surface area (Å²) < 4.78 is 4.85. The van der Waals surface area contributed by atoms with E-state index >= 15 is 0 Å². The minimum atomic E-state index is -0.320. The van der Waals surface area contributed by atoms with Gasteiger partial charge in [-0.2, -0.15) is 0 Å². The molecule has 0 fully saturated rings. The molecule has 0 amide bonds. The molecule has 0 spiro atoms. The van der Waals surface area contributed by atoms with Crippen LogP contribution in [0.15, 0.2) is 12.2 Å². The van der Waals surface area contributed by atoms with Crippen molar-refractivity contribution < 1.29 is 9.53 Å². The highest BCUT2D eigenvalue weighted by atomic mass is 127. The average Bonchev–Trinajstić information content (AvgIpc) is 1.80. The first-order valence-electron chi connectivity index (χ1n) is 2.72. The SMILES string of the molecule is C=C(C)C(=O)OCC(I)(I)I. The Morgan fingerprint density at radius 3 is 2.27 bits per heavy atom. The van der Waals surface area contributed by atoms with Gasteiger partial charge in [0.1, 0.15) is 6.61 Å². The summed E-state index contributed by atoms with van der Waals surface area (Å²) in [5.41, 5.74) is 0.443. The van der Waals surface area contributed by atoms with Gasteiger partial charge < -0.3 is 4.74 Å². The van der Waals surface area contributed by atoms with Crippen LogP contribution in [0.4, 0.5) is 0 Å². The molecular formula is C6H7I3O2. The monoisotopic (exact) mass is 492 g/mol. The van der Waals surface area contributed by atoms with Crippen molar-refractivity contribution in [2.75, 3.05) is 6.61 Å². The van der Waals surface area contributed by atoms with Crippen LogP contribution in [0.5, 0.6) is 0 Å². The molecule has 0 saturated carbocycles. The van der Waals surface area contributed by atoms with Crippen molar-refractivity contribution in [1.82, 2.24) is 0 Å². The topological polar surface area (TPSA) is 26.3 Å². The molecule has 0 aromatic carbocycles. The van der Waals surface area contributed by atoms with Gasteiger partial charge in [0.05, 0.1) is 0 Å². The Morgan fingerprint density at radius 2 is 2.00 bits per heavy atom. The van der Waals surface area contributed by atoms with Crippen molar-refractivity contribution in [3.63, 3.8) is 0 Å². The Kier molecular flexibility index (Phi) is 5.86. The van der Waals surface area contributed by atoms with Crippen molar-refractivity contribution in [2.45, 2.75) is 6.36 Å². The van der Waals surface area contributed by atoms with Gasteiger partial charge in [-0.1, -0.05) is 74.4 Å². The van der Waals surface area contributed by atoms with E-state index in [0.717, 1.165) is 0 Å². The molecule has 0 aromatic rings. The summed E-state index contributed by atoms with van der Waals surface area (Å²) in [5, 5.41) is 0. The third-order valence-electron chi connectivity index (χ3n) is 0.715. The molecule has 0 radical (unpaired) electrons. The maximum Gasteiger partial charge on any atom is 0.333 e. The number of alkyl halides is 3. The van der Waals surface area contributed by atoms with Gasteiger partial charge in [0.15, 0.2) is -0.565 Å². The summed E-state index contributed by atoms with van der Waals surface area (Å²) >= 11 is 6.60. The number of carbonyl (C=O) groups is 1. The molecule has 2 nitrogen and oxygen atoms in total. The van der Waals surface area contributed by atoms with Crippen LogP contribution in [0.3, 0.4) is 0 Å². The largest absolute Gasteiger partial charge is 0.459 e. The summed E-state index contributed by atoms with van der Waals surface area (Å²) in [4.78, 5) is 10.9. The van der Waals surface area contributed by atoms with Gasteiger partial charge in [-0.3, -0.25) is 0 Å². The Balaban J connectivity index is 3.73. The van der Waals surface area contributed by atoms with Crippen molar-refractivity contribution >= 4 is 73.7 Å². The van der Waals surface area contributed by atoms with E-state index < -0.39 is 0 Å². The third kappa shape index (κ3) is 7.75. The number of rotatable bonds is 3. The number of hydrogen-bond donors (Lipinski definition) is 0. The molecule has 0 aliphatic heterocycles. The third-order valence-corrected chi connectivity index (χ3v) is 1.65. The predicted molar refractivity (Wildman–Crippen MR) is 70.6 cm³/mol. The quantitative estimate of drug-likeness (QED) is 0.263. The van der Waals surface area contributed by atoms with Gasteiger partial charge in [0.2, 0.25) is 0 Å². The van der Waals surface area contributed by atoms with Crippen LogP contribution in [-0.4, -0.2) is 12.0 Å². The second kappa shape index (κ2) is 5.20. The first-order chi connectivity index (χ1) is 4.83. The Bertz CT molecular complexity index is 171. The van der Waals surface area contributed by atoms with Crippen LogP contribution in [-0.2, 0) is 9.53 Å². The standard InChI is InChI=1S/C6H7I3O2/c1-4(2)5(10)11-3-6(7,8)9/h1,3H2,2H3. The summed E-state index contributed by atoms with van der Waals surface area (Å²) in [6, 6.07) is 0. The summed E-state index contributed by atoms with van der Waals surface area (Å²) in [6.07, 6.45) is 0. The molecule has 5 heteroatoms. The van der Waals surface area contributed by atoms with E-state index in [-0.39, 0.29) is 5.40 Å². The fourth-order valence-electron chi connectivity index (χ4n) is 0.271. The lowest BCUT2D eigenvalue weighted by atomic mass is 10.4. The Morgan fingerprint density at radius 1 is 1.55 bits per heavy atom. The van der Waals surface area contributed by atoms with Crippen molar-refractivity contribution in [3.05, 3.63) is 12.2 Å². The highest BCUT2D eigenvalue weighted by Crippen LogP contribution is 2.35. The lowest BCUT2D eigenvalue weighted by molar-refractivity contribution is -0.138. The fourth-order valence-corrected chi connectivity index (χ4v) is 0.738. The van der Waals surface area contributed by atoms with E-state index in [1.807, 2.05) is 0 Å². The van der Waals surface area contributed by atoms with Crippen LogP contribution in [0.1, 0.15) is 6.92 Å². The molecule has 0 aliphatic rings. The molecular weight excluding hydrogens is 485 g/mol. The summed E-state index contributed by atoms with van der Waals surface area (Å²) in [6.45, 7) is 5.51. The van der Waals surface area contributed by atoms with E-state index in [2.05, 4.69) is 74.4 Å². The molecule has 0 rings (SSSR count). The number of halogens is 3. The maximum atomic E-state index is 10.9. The van der Waals surface area contributed by atoms with Crippen molar-refractivity contribution in [2.24, 2.45) is 0 Å². The van der Waals surface area contributed by atoms with Crippen molar-refractivity contribution in [1.29, 1.82) is 0 Å². The normalized spacial score (nSPS) is 10.9. The molecule has 0 saturated heterocycles. The molecule has 11 heavy (non-hydrogen) atoms. The zero-order chi connectivity index (χ0) is 9.07. The summed E-state index contributed by atoms with van der Waals surface area (Å²) in [5.74, 6) is -0.320. The predicted octanol–water partition coefficient (Wildman–Crippen LogP) is 3.06. The minimum Gasteiger partial charge on any atom is -0.459 e. The zero-order valence-electron chi connectivity index (χ0n) is 5.86. The number of carbonyl (C=O) groups excluding carboxylic acids is 1. The van der Waals surface area contributed by atoms with Crippen molar-refractivity contribution in [3.8, 4) is 0 Å². The van der Waals surface area contributed by atoms with Crippen LogP contribution < -0.4 is 0 Å². The molecule has 0 N–H and O–H groups in total. The first kappa shape index (κ1) is 12.4. The fraction of sp³-hybridized carbons (Fsp3) is 0.500. The Hall–Kier alpha value is 1.40. The lowest BCUT2D eigenvalue weighted by Crippen LogP contribution is -2.15. The van der Waals surface area contributed by atoms with Gasteiger partial charge >= 0.3 is 5.97 Å². The number of hydrogen-bond acceptors (Lipinski definition) is 2. The van der Waals surface area contributed by atoms with E-state index in [0.29, 0.717) is 12.2 Å². The molecule has 0 atom stereocenters. The minimum absolute atomic E-state index is 0.0572. The highest BCUT2D eigenvalue weighted by Gasteiger charge is 2.19. The number of ether oxygens (including phenoxy) is 1. The van der Waals surface area contributed by atoms with Gasteiger partial charge in [-0.15, -0.1) is 0 Å². The van der Waals surface area contributed by atoms with E-state index in [1.165, 1.54) is 0 Å². The first-order valence-corrected chi connectivity index (χ1v) is 5.96. The smallest absolute Gasteiger partial charge is 0.333 e. The zero-order valence-corrected chi connectivity index (χ0v) is 12.3. The van der Waals surface area contributed by atoms with Crippen LogP contribution in [0.25, 0.3) is 0 Å². The van der Waals surface area contributed by atoms with Gasteiger partial charge in [0.25, 0.3) is 0 Å².